The molecule has 1 N–H and O–H groups in total. The number of likely N-dealkylation sites (tertiary alicyclic amines) is 1. The van der Waals surface area contributed by atoms with Crippen LogP contribution in [0.2, 0.25) is 0 Å². The highest BCUT2D eigenvalue weighted by Crippen LogP contribution is 2.68. The number of piperidine rings is 1. The molecule has 2 fully saturated rings. The van der Waals surface area contributed by atoms with Gasteiger partial charge in [-0.2, -0.15) is 0 Å². The standard InChI is InChI=1S/C24H22N2O5S/c1-11-10-32-22-15(27)7-17-24(18(11)22)8-13(24)9-26(17)23(28)14-5-12-6-16(29-2)20(30-3)21(31-4)19(12)25-14/h5-7,10,13,25H,8-9H2,1-4H3/t13-,24+/m0/s1. The van der Waals surface area contributed by atoms with Crippen LogP contribution < -0.4 is 14.2 Å². The van der Waals surface area contributed by atoms with Crippen LogP contribution in [0, 0.1) is 12.8 Å². The first kappa shape index (κ1) is 19.4. The van der Waals surface area contributed by atoms with Crippen LogP contribution in [0.15, 0.2) is 29.3 Å². The number of allylic oxidation sites excluding steroid dienone is 2. The average Bonchev–Trinajstić information content (AvgIpc) is 3.11. The number of hydrogen-bond donors (Lipinski definition) is 1. The Labute approximate surface area is 188 Å². The second kappa shape index (κ2) is 6.38. The highest BCUT2D eigenvalue weighted by atomic mass is 32.1. The number of ether oxygens (including phenoxy) is 3. The SMILES string of the molecule is COc1cc2cc(C(=O)N3C[C@@H]4C[C@]45C3=CC(=O)c3scc(C)c35)[nH]c2c(OC)c1OC. The molecule has 3 aromatic rings. The van der Waals surface area contributed by atoms with Gasteiger partial charge >= 0.3 is 0 Å². The molecular formula is C24H22N2O5S. The van der Waals surface area contributed by atoms with Crippen molar-refractivity contribution in [2.75, 3.05) is 27.9 Å². The second-order valence-electron chi connectivity index (χ2n) is 8.60. The molecule has 0 unspecified atom stereocenters. The summed E-state index contributed by atoms with van der Waals surface area (Å²) in [6.45, 7) is 2.68. The Balaban J connectivity index is 1.43. The first-order valence-corrected chi connectivity index (χ1v) is 11.3. The molecule has 1 spiro atoms. The van der Waals surface area contributed by atoms with Crippen molar-refractivity contribution in [3.05, 3.63) is 51.0 Å². The van der Waals surface area contributed by atoms with E-state index in [1.54, 1.807) is 38.4 Å². The van der Waals surface area contributed by atoms with Crippen molar-refractivity contribution < 1.29 is 23.8 Å². The van der Waals surface area contributed by atoms with Gasteiger partial charge in [0, 0.05) is 29.1 Å². The molecule has 2 atom stereocenters. The van der Waals surface area contributed by atoms with E-state index in [0.717, 1.165) is 33.5 Å². The molecule has 1 aromatic carbocycles. The summed E-state index contributed by atoms with van der Waals surface area (Å²) in [6.07, 6.45) is 2.67. The van der Waals surface area contributed by atoms with Crippen LogP contribution in [0.5, 0.6) is 17.2 Å². The zero-order chi connectivity index (χ0) is 22.4. The number of nitrogens with one attached hydrogen (secondary N) is 1. The summed E-state index contributed by atoms with van der Waals surface area (Å²) in [5, 5.41) is 2.84. The average molecular weight is 451 g/mol. The summed E-state index contributed by atoms with van der Waals surface area (Å²) < 4.78 is 16.5. The number of nitrogens with zero attached hydrogens (tertiary/aromatic N) is 1. The van der Waals surface area contributed by atoms with Crippen LogP contribution in [0.3, 0.4) is 0 Å². The van der Waals surface area contributed by atoms with E-state index in [0.29, 0.717) is 40.9 Å². The molecule has 2 aliphatic carbocycles. The fourth-order valence-corrected chi connectivity index (χ4v) is 6.68. The van der Waals surface area contributed by atoms with Crippen molar-refractivity contribution in [2.45, 2.75) is 18.8 Å². The number of rotatable bonds is 4. The third kappa shape index (κ3) is 2.25. The lowest BCUT2D eigenvalue weighted by Gasteiger charge is -2.28. The fourth-order valence-electron chi connectivity index (χ4n) is 5.63. The zero-order valence-electron chi connectivity index (χ0n) is 18.2. The second-order valence-corrected chi connectivity index (χ2v) is 9.48. The molecule has 6 rings (SSSR count). The maximum atomic E-state index is 13.6. The van der Waals surface area contributed by atoms with Gasteiger partial charge in [0.1, 0.15) is 5.69 Å². The van der Waals surface area contributed by atoms with Crippen LogP contribution >= 0.6 is 11.3 Å². The van der Waals surface area contributed by atoms with Gasteiger partial charge in [-0.25, -0.2) is 0 Å². The number of carbonyl (C=O) groups is 2. The van der Waals surface area contributed by atoms with Gasteiger partial charge < -0.3 is 24.1 Å². The quantitative estimate of drug-likeness (QED) is 0.648. The van der Waals surface area contributed by atoms with Crippen molar-refractivity contribution in [3.63, 3.8) is 0 Å². The Hall–Kier alpha value is -3.26. The van der Waals surface area contributed by atoms with Gasteiger partial charge in [0.05, 0.1) is 31.7 Å². The number of methoxy groups -OCH3 is 3. The van der Waals surface area contributed by atoms with E-state index < -0.39 is 0 Å². The van der Waals surface area contributed by atoms with Crippen molar-refractivity contribution >= 4 is 33.9 Å². The molecule has 1 saturated heterocycles. The lowest BCUT2D eigenvalue weighted by molar-refractivity contribution is 0.0806. The van der Waals surface area contributed by atoms with Crippen LogP contribution in [-0.2, 0) is 5.41 Å². The van der Waals surface area contributed by atoms with Crippen LogP contribution in [0.1, 0.15) is 37.7 Å². The third-order valence-corrected chi connectivity index (χ3v) is 8.18. The summed E-state index contributed by atoms with van der Waals surface area (Å²) in [5.41, 5.74) is 4.04. The number of aryl methyl sites for hydroxylation is 1. The maximum Gasteiger partial charge on any atom is 0.274 e. The smallest absolute Gasteiger partial charge is 0.274 e. The van der Waals surface area contributed by atoms with E-state index in [2.05, 4.69) is 17.3 Å². The Morgan fingerprint density at radius 1 is 1.19 bits per heavy atom. The summed E-state index contributed by atoms with van der Waals surface area (Å²) in [4.78, 5) is 32.3. The van der Waals surface area contributed by atoms with E-state index in [4.69, 9.17) is 14.2 Å². The van der Waals surface area contributed by atoms with Gasteiger partial charge in [0.15, 0.2) is 17.3 Å². The summed E-state index contributed by atoms with van der Waals surface area (Å²) in [5.74, 6) is 1.67. The number of hydrogen-bond acceptors (Lipinski definition) is 6. The highest BCUT2D eigenvalue weighted by Gasteiger charge is 2.68. The molecule has 3 heterocycles. The van der Waals surface area contributed by atoms with E-state index >= 15 is 0 Å². The monoisotopic (exact) mass is 450 g/mol. The Bertz CT molecular complexity index is 1370. The number of aromatic amines is 1. The number of benzene rings is 1. The normalized spacial score (nSPS) is 22.9. The van der Waals surface area contributed by atoms with Crippen molar-refractivity contribution in [2.24, 2.45) is 5.92 Å². The minimum atomic E-state index is -0.181. The molecular weight excluding hydrogens is 428 g/mol. The van der Waals surface area contributed by atoms with Gasteiger partial charge in [-0.3, -0.25) is 9.59 Å². The number of fused-ring (bicyclic) bond motifs is 2. The first-order valence-electron chi connectivity index (χ1n) is 10.4. The van der Waals surface area contributed by atoms with Gasteiger partial charge in [-0.05, 0) is 47.9 Å². The minimum absolute atomic E-state index is 0.00290. The molecule has 8 heteroatoms. The van der Waals surface area contributed by atoms with E-state index in [-0.39, 0.29) is 17.1 Å². The molecule has 32 heavy (non-hydrogen) atoms. The van der Waals surface area contributed by atoms with Gasteiger partial charge in [-0.15, -0.1) is 11.3 Å². The van der Waals surface area contributed by atoms with E-state index in [1.807, 2.05) is 6.07 Å². The van der Waals surface area contributed by atoms with Gasteiger partial charge in [-0.1, -0.05) is 0 Å². The molecule has 1 saturated carbocycles. The topological polar surface area (TPSA) is 80.9 Å². The van der Waals surface area contributed by atoms with E-state index in [9.17, 15) is 9.59 Å². The molecule has 0 bridgehead atoms. The molecule has 2 aromatic heterocycles. The fraction of sp³-hybridized carbons (Fsp3) is 0.333. The summed E-state index contributed by atoms with van der Waals surface area (Å²) >= 11 is 1.51. The third-order valence-electron chi connectivity index (χ3n) is 7.06. The predicted molar refractivity (Wildman–Crippen MR) is 120 cm³/mol. The first-order chi connectivity index (χ1) is 15.4. The number of aromatic nitrogens is 1. The van der Waals surface area contributed by atoms with Gasteiger partial charge in [0.2, 0.25) is 5.75 Å². The molecule has 0 radical (unpaired) electrons. The largest absolute Gasteiger partial charge is 0.493 e. The highest BCUT2D eigenvalue weighted by molar-refractivity contribution is 7.12. The van der Waals surface area contributed by atoms with Crippen molar-refractivity contribution in [1.29, 1.82) is 0 Å². The number of ketones is 1. The number of amides is 1. The molecule has 7 nitrogen and oxygen atoms in total. The summed E-state index contributed by atoms with van der Waals surface area (Å²) in [7, 11) is 4.66. The Morgan fingerprint density at radius 3 is 2.69 bits per heavy atom. The minimum Gasteiger partial charge on any atom is -0.493 e. The summed E-state index contributed by atoms with van der Waals surface area (Å²) in [6, 6.07) is 3.61. The molecule has 1 amide bonds. The zero-order valence-corrected chi connectivity index (χ0v) is 19.0. The number of carbonyl (C=O) groups excluding carboxylic acids is 2. The van der Waals surface area contributed by atoms with E-state index in [1.165, 1.54) is 11.3 Å². The number of thiophene rings is 1. The van der Waals surface area contributed by atoms with Gasteiger partial charge in [0.25, 0.3) is 5.91 Å². The van der Waals surface area contributed by atoms with Crippen LogP contribution in [0.25, 0.3) is 10.9 Å². The Kier molecular flexibility index (Phi) is 3.88. The van der Waals surface area contributed by atoms with Crippen molar-refractivity contribution in [3.8, 4) is 17.2 Å². The maximum absolute atomic E-state index is 13.6. The number of H-pyrrole nitrogens is 1. The molecule has 1 aliphatic heterocycles. The lowest BCUT2D eigenvalue weighted by Crippen LogP contribution is -2.33. The predicted octanol–water partition coefficient (Wildman–Crippen LogP) is 4.06. The van der Waals surface area contributed by atoms with Crippen LogP contribution in [-0.4, -0.2) is 49.4 Å². The lowest BCUT2D eigenvalue weighted by atomic mass is 9.84. The molecule has 164 valence electrons. The van der Waals surface area contributed by atoms with Crippen molar-refractivity contribution in [1.82, 2.24) is 9.88 Å². The van der Waals surface area contributed by atoms with Crippen LogP contribution in [0.4, 0.5) is 0 Å². The Morgan fingerprint density at radius 2 is 1.97 bits per heavy atom. The molecule has 3 aliphatic rings.